The molecule has 1 aliphatic rings. The van der Waals surface area contributed by atoms with E-state index in [-0.39, 0.29) is 0 Å². The smallest absolute Gasteiger partial charge is 0.203 e. The molecule has 0 amide bonds. The number of aromatic nitrogens is 3. The van der Waals surface area contributed by atoms with E-state index in [4.69, 9.17) is 17.3 Å². The van der Waals surface area contributed by atoms with Crippen LogP contribution in [0.4, 0.5) is 0 Å². The van der Waals surface area contributed by atoms with E-state index in [1.165, 1.54) is 18.4 Å². The third-order valence-electron chi connectivity index (χ3n) is 4.56. The number of halogens is 1. The normalized spacial score (nSPS) is 14.1. The highest BCUT2D eigenvalue weighted by Gasteiger charge is 2.30. The standard InChI is InChI=1S/C20H21BrN4S/c1-23(13-15-7-11-17(21)12-8-15)14-24-20(26)25(18-5-3-2-4-6-18)19(22-24)16-9-10-16/h2-8,11-12,16H,9-10,13-14H2,1H3. The van der Waals surface area contributed by atoms with Crippen molar-refractivity contribution in [3.05, 3.63) is 75.2 Å². The van der Waals surface area contributed by atoms with Crippen molar-refractivity contribution >= 4 is 28.1 Å². The minimum Gasteiger partial charge on any atom is -0.283 e. The summed E-state index contributed by atoms with van der Waals surface area (Å²) in [7, 11) is 2.10. The van der Waals surface area contributed by atoms with E-state index in [2.05, 4.69) is 68.8 Å². The second-order valence-electron chi connectivity index (χ2n) is 6.87. The van der Waals surface area contributed by atoms with E-state index in [0.29, 0.717) is 12.6 Å². The maximum absolute atomic E-state index is 5.77. The summed E-state index contributed by atoms with van der Waals surface area (Å²) in [4.78, 5) is 2.23. The van der Waals surface area contributed by atoms with Gasteiger partial charge in [0.2, 0.25) is 4.77 Å². The summed E-state index contributed by atoms with van der Waals surface area (Å²) in [6.45, 7) is 1.53. The Bertz CT molecular complexity index is 942. The molecule has 134 valence electrons. The molecule has 0 saturated heterocycles. The molecule has 2 aromatic carbocycles. The van der Waals surface area contributed by atoms with E-state index in [1.807, 2.05) is 22.9 Å². The number of nitrogens with zero attached hydrogens (tertiary/aromatic N) is 4. The average molecular weight is 429 g/mol. The quantitative estimate of drug-likeness (QED) is 0.508. The topological polar surface area (TPSA) is 26.0 Å². The predicted molar refractivity (Wildman–Crippen MR) is 110 cm³/mol. The first kappa shape index (κ1) is 17.6. The lowest BCUT2D eigenvalue weighted by molar-refractivity contribution is 0.243. The van der Waals surface area contributed by atoms with Gasteiger partial charge >= 0.3 is 0 Å². The van der Waals surface area contributed by atoms with Gasteiger partial charge in [-0.1, -0.05) is 46.3 Å². The zero-order chi connectivity index (χ0) is 18.1. The summed E-state index contributed by atoms with van der Waals surface area (Å²) in [6.07, 6.45) is 2.40. The van der Waals surface area contributed by atoms with Crippen LogP contribution in [-0.2, 0) is 13.2 Å². The van der Waals surface area contributed by atoms with E-state index in [1.54, 1.807) is 0 Å². The molecule has 4 nitrogen and oxygen atoms in total. The molecule has 1 aromatic heterocycles. The summed E-state index contributed by atoms with van der Waals surface area (Å²) < 4.78 is 5.96. The van der Waals surface area contributed by atoms with Gasteiger partial charge in [-0.05, 0) is 61.9 Å². The van der Waals surface area contributed by atoms with Crippen molar-refractivity contribution in [2.45, 2.75) is 32.0 Å². The zero-order valence-electron chi connectivity index (χ0n) is 14.7. The van der Waals surface area contributed by atoms with Crippen molar-refractivity contribution in [2.24, 2.45) is 0 Å². The van der Waals surface area contributed by atoms with E-state index >= 15 is 0 Å². The molecule has 4 rings (SSSR count). The van der Waals surface area contributed by atoms with Crippen LogP contribution in [0.15, 0.2) is 59.1 Å². The lowest BCUT2D eigenvalue weighted by Gasteiger charge is -2.16. The van der Waals surface area contributed by atoms with Gasteiger partial charge in [0.15, 0.2) is 0 Å². The maximum atomic E-state index is 5.77. The summed E-state index contributed by atoms with van der Waals surface area (Å²) in [6, 6.07) is 18.7. The van der Waals surface area contributed by atoms with Crippen LogP contribution in [0.25, 0.3) is 5.69 Å². The second-order valence-corrected chi connectivity index (χ2v) is 8.15. The van der Waals surface area contributed by atoms with E-state index in [0.717, 1.165) is 27.3 Å². The highest BCUT2D eigenvalue weighted by Crippen LogP contribution is 2.40. The Labute approximate surface area is 167 Å². The van der Waals surface area contributed by atoms with Crippen LogP contribution in [0.2, 0.25) is 0 Å². The zero-order valence-corrected chi connectivity index (χ0v) is 17.1. The van der Waals surface area contributed by atoms with Gasteiger partial charge < -0.3 is 0 Å². The van der Waals surface area contributed by atoms with Gasteiger partial charge in [-0.3, -0.25) is 9.47 Å². The Morgan fingerprint density at radius 3 is 2.46 bits per heavy atom. The fraction of sp³-hybridized carbons (Fsp3) is 0.300. The number of hydrogen-bond donors (Lipinski definition) is 0. The van der Waals surface area contributed by atoms with Gasteiger partial charge in [0.25, 0.3) is 0 Å². The highest BCUT2D eigenvalue weighted by atomic mass is 79.9. The first-order valence-electron chi connectivity index (χ1n) is 8.80. The van der Waals surface area contributed by atoms with Gasteiger partial charge in [-0.15, -0.1) is 0 Å². The first-order chi connectivity index (χ1) is 12.6. The van der Waals surface area contributed by atoms with Crippen LogP contribution in [0.3, 0.4) is 0 Å². The minimum atomic E-state index is 0.537. The molecule has 1 fully saturated rings. The Hall–Kier alpha value is -1.76. The maximum Gasteiger partial charge on any atom is 0.203 e. The number of para-hydroxylation sites is 1. The van der Waals surface area contributed by atoms with Crippen LogP contribution in [0, 0.1) is 4.77 Å². The molecular formula is C20H21BrN4S. The molecule has 1 aliphatic carbocycles. The molecule has 0 radical (unpaired) electrons. The van der Waals surface area contributed by atoms with Crippen LogP contribution in [0.1, 0.15) is 30.1 Å². The summed E-state index contributed by atoms with van der Waals surface area (Å²) in [5.74, 6) is 1.63. The number of benzene rings is 2. The molecule has 0 aliphatic heterocycles. The SMILES string of the molecule is CN(Cc1ccc(Br)cc1)Cn1nc(C2CC2)n(-c2ccccc2)c1=S. The van der Waals surface area contributed by atoms with Crippen LogP contribution < -0.4 is 0 Å². The number of rotatable bonds is 6. The molecule has 1 saturated carbocycles. The van der Waals surface area contributed by atoms with Gasteiger partial charge in [-0.25, -0.2) is 4.68 Å². The first-order valence-corrected chi connectivity index (χ1v) is 10.00. The van der Waals surface area contributed by atoms with Gasteiger partial charge in [0, 0.05) is 22.6 Å². The summed E-state index contributed by atoms with van der Waals surface area (Å²) in [5.41, 5.74) is 2.37. The molecule has 0 unspecified atom stereocenters. The monoisotopic (exact) mass is 428 g/mol. The van der Waals surface area contributed by atoms with Gasteiger partial charge in [-0.2, -0.15) is 5.10 Å². The highest BCUT2D eigenvalue weighted by molar-refractivity contribution is 9.10. The molecule has 0 atom stereocenters. The predicted octanol–water partition coefficient (Wildman–Crippen LogP) is 5.13. The van der Waals surface area contributed by atoms with Crippen LogP contribution >= 0.6 is 28.1 Å². The van der Waals surface area contributed by atoms with Crippen molar-refractivity contribution < 1.29 is 0 Å². The third-order valence-corrected chi connectivity index (χ3v) is 5.48. The lowest BCUT2D eigenvalue weighted by Crippen LogP contribution is -2.22. The van der Waals surface area contributed by atoms with Crippen molar-refractivity contribution in [3.8, 4) is 5.69 Å². The van der Waals surface area contributed by atoms with Crippen molar-refractivity contribution in [1.29, 1.82) is 0 Å². The molecule has 0 spiro atoms. The average Bonchev–Trinajstić information content (AvgIpc) is 3.43. The molecular weight excluding hydrogens is 408 g/mol. The van der Waals surface area contributed by atoms with Crippen LogP contribution in [-0.4, -0.2) is 26.3 Å². The van der Waals surface area contributed by atoms with Crippen molar-refractivity contribution in [2.75, 3.05) is 7.05 Å². The van der Waals surface area contributed by atoms with Gasteiger partial charge in [0.1, 0.15) is 5.82 Å². The Morgan fingerprint density at radius 1 is 1.12 bits per heavy atom. The largest absolute Gasteiger partial charge is 0.283 e. The van der Waals surface area contributed by atoms with E-state index < -0.39 is 0 Å². The molecule has 1 heterocycles. The summed E-state index contributed by atoms with van der Waals surface area (Å²) >= 11 is 9.26. The molecule has 0 bridgehead atoms. The Kier molecular flexibility index (Phi) is 5.07. The minimum absolute atomic E-state index is 0.537. The molecule has 26 heavy (non-hydrogen) atoms. The Balaban J connectivity index is 1.59. The van der Waals surface area contributed by atoms with E-state index in [9.17, 15) is 0 Å². The molecule has 0 N–H and O–H groups in total. The van der Waals surface area contributed by atoms with Crippen LogP contribution in [0.5, 0.6) is 0 Å². The van der Waals surface area contributed by atoms with Crippen molar-refractivity contribution in [1.82, 2.24) is 19.2 Å². The van der Waals surface area contributed by atoms with Gasteiger partial charge in [0.05, 0.1) is 6.67 Å². The number of hydrogen-bond acceptors (Lipinski definition) is 3. The second kappa shape index (κ2) is 7.47. The fourth-order valence-electron chi connectivity index (χ4n) is 3.12. The molecule has 6 heteroatoms. The fourth-order valence-corrected chi connectivity index (χ4v) is 3.68. The van der Waals surface area contributed by atoms with Crippen molar-refractivity contribution in [3.63, 3.8) is 0 Å². The lowest BCUT2D eigenvalue weighted by atomic mass is 10.2. The Morgan fingerprint density at radius 2 is 1.81 bits per heavy atom. The third kappa shape index (κ3) is 3.82. The molecule has 3 aromatic rings. The summed E-state index contributed by atoms with van der Waals surface area (Å²) in [5, 5.41) is 4.87.